The molecule has 0 atom stereocenters. The van der Waals surface area contributed by atoms with Gasteiger partial charge in [0.2, 0.25) is 6.85 Å². The van der Waals surface area contributed by atoms with Crippen molar-refractivity contribution in [3.63, 3.8) is 0 Å². The highest BCUT2D eigenvalue weighted by Gasteiger charge is 1.86. The molecule has 1 aromatic heterocycles. The minimum absolute atomic E-state index is 1.21. The van der Waals surface area contributed by atoms with E-state index in [0.29, 0.717) is 0 Å². The molecule has 0 unspecified atom stereocenters. The van der Waals surface area contributed by atoms with Gasteiger partial charge in [-0.15, -0.1) is 0 Å². The Labute approximate surface area is 86.9 Å². The van der Waals surface area contributed by atoms with Crippen molar-refractivity contribution < 1.29 is 4.89 Å². The van der Waals surface area contributed by atoms with Crippen molar-refractivity contribution in [1.29, 1.82) is 0 Å². The lowest BCUT2D eigenvalue weighted by Gasteiger charge is -1.83. The van der Waals surface area contributed by atoms with Crippen LogP contribution in [-0.4, -0.2) is 9.88 Å². The fourth-order valence-corrected chi connectivity index (χ4v) is 0.995. The van der Waals surface area contributed by atoms with Crippen molar-refractivity contribution in [3.8, 4) is 0 Å². The summed E-state index contributed by atoms with van der Waals surface area (Å²) in [5.74, 6) is 0. The molecule has 0 amide bonds. The number of nitrogens with one attached hydrogen (secondary N) is 1. The Morgan fingerprint density at radius 1 is 1.15 bits per heavy atom. The highest BCUT2D eigenvalue weighted by atomic mass is 35.9. The van der Waals surface area contributed by atoms with Crippen LogP contribution in [0.2, 0.25) is 0 Å². The fraction of sp³-hybridized carbons (Fsp3) is 0. The van der Waals surface area contributed by atoms with Crippen molar-refractivity contribution in [3.05, 3.63) is 36.5 Å². The maximum Gasteiger partial charge on any atom is 0.222 e. The van der Waals surface area contributed by atoms with Gasteiger partial charge in [0.05, 0.1) is 0 Å². The highest BCUT2D eigenvalue weighted by Crippen LogP contribution is 2.40. The highest BCUT2D eigenvalue weighted by molar-refractivity contribution is 7.99. The van der Waals surface area contributed by atoms with Gasteiger partial charge in [0.25, 0.3) is 0 Å². The molecule has 2 aromatic rings. The first-order chi connectivity index (χ1) is 6.20. The van der Waals surface area contributed by atoms with Gasteiger partial charge in [-0.05, 0) is 40.0 Å². The maximum atomic E-state index is 7.65. The van der Waals surface area contributed by atoms with Gasteiger partial charge < -0.3 is 9.88 Å². The van der Waals surface area contributed by atoms with Crippen molar-refractivity contribution in [1.82, 2.24) is 4.98 Å². The molecule has 0 radical (unpaired) electrons. The first kappa shape index (κ1) is 10.8. The van der Waals surface area contributed by atoms with E-state index in [1.165, 1.54) is 10.9 Å². The van der Waals surface area contributed by atoms with Crippen LogP contribution in [0.3, 0.4) is 0 Å². The molecule has 1 heterocycles. The number of para-hydroxylation sites is 1. The van der Waals surface area contributed by atoms with Crippen LogP contribution in [0, 0.1) is 0 Å². The molecule has 1 aromatic carbocycles. The number of hydrogen-bond donors (Lipinski definition) is 2. The molecule has 0 saturated heterocycles. The molecule has 13 heavy (non-hydrogen) atoms. The number of H-pyrrole nitrogens is 1. The summed E-state index contributed by atoms with van der Waals surface area (Å²) in [5, 5.41) is 1.28. The van der Waals surface area contributed by atoms with Crippen molar-refractivity contribution in [2.75, 3.05) is 0 Å². The molecule has 2 nitrogen and oxygen atoms in total. The molecule has 2 N–H and O–H groups in total. The second-order valence-electron chi connectivity index (χ2n) is 2.28. The summed E-state index contributed by atoms with van der Waals surface area (Å²) >= 11 is 9.32. The summed E-state index contributed by atoms with van der Waals surface area (Å²) in [6.45, 7) is -1.68. The van der Waals surface area contributed by atoms with Gasteiger partial charge in [0.15, 0.2) is 0 Å². The molecular formula is C8H8Cl2NOP. The molecule has 0 saturated carbocycles. The van der Waals surface area contributed by atoms with E-state index in [2.05, 4.69) is 45.7 Å². The average molecular weight is 236 g/mol. The van der Waals surface area contributed by atoms with Crippen LogP contribution in [0.15, 0.2) is 36.5 Å². The first-order valence-corrected chi connectivity index (χ1v) is 6.63. The molecule has 5 heteroatoms. The van der Waals surface area contributed by atoms with Crippen LogP contribution in [0.1, 0.15) is 0 Å². The summed E-state index contributed by atoms with van der Waals surface area (Å²) in [4.78, 5) is 10.8. The minimum Gasteiger partial charge on any atom is -0.361 e. The number of halogens is 2. The second-order valence-corrected chi connectivity index (χ2v) is 5.15. The van der Waals surface area contributed by atoms with E-state index in [1.807, 2.05) is 18.3 Å². The predicted octanol–water partition coefficient (Wildman–Crippen LogP) is 3.85. The zero-order valence-electron chi connectivity index (χ0n) is 6.61. The van der Waals surface area contributed by atoms with E-state index in [-0.39, 0.29) is 0 Å². The van der Waals surface area contributed by atoms with Gasteiger partial charge in [-0.1, -0.05) is 18.2 Å². The van der Waals surface area contributed by atoms with Crippen LogP contribution >= 0.6 is 29.3 Å². The van der Waals surface area contributed by atoms with Crippen molar-refractivity contribution in [2.24, 2.45) is 0 Å². The minimum atomic E-state index is -1.68. The molecular weight excluding hydrogens is 228 g/mol. The van der Waals surface area contributed by atoms with E-state index in [9.17, 15) is 0 Å². The predicted molar refractivity (Wildman–Crippen MR) is 59.1 cm³/mol. The number of rotatable bonds is 0. The number of fused-ring (bicyclic) bond motifs is 1. The van der Waals surface area contributed by atoms with E-state index >= 15 is 0 Å². The van der Waals surface area contributed by atoms with E-state index in [1.54, 1.807) is 0 Å². The zero-order chi connectivity index (χ0) is 9.68. The molecule has 0 bridgehead atoms. The Hall–Kier alpha value is -0.270. The monoisotopic (exact) mass is 235 g/mol. The van der Waals surface area contributed by atoms with Crippen LogP contribution in [0.5, 0.6) is 0 Å². The zero-order valence-corrected chi connectivity index (χ0v) is 9.02. The quantitative estimate of drug-likeness (QED) is 0.669. The number of aromatic nitrogens is 1. The molecule has 0 fully saturated rings. The maximum absolute atomic E-state index is 7.65. The fourth-order valence-electron chi connectivity index (χ4n) is 0.995. The topological polar surface area (TPSA) is 36.0 Å². The third-order valence-corrected chi connectivity index (χ3v) is 1.46. The summed E-state index contributed by atoms with van der Waals surface area (Å²) in [5.41, 5.74) is 1.21. The second kappa shape index (κ2) is 5.46. The SMILES string of the molecule is OP(Cl)Cl.c1ccc2[nH]ccc2c1. The Morgan fingerprint density at radius 3 is 2.38 bits per heavy atom. The molecule has 2 rings (SSSR count). The standard InChI is InChI=1S/C8H7N.Cl2HOP/c1-2-4-8-7(3-1)5-6-9-8;1-4(2)3/h1-6,9H;3H. The normalized spacial score (nSPS) is 9.85. The lowest BCUT2D eigenvalue weighted by atomic mass is 10.3. The van der Waals surface area contributed by atoms with Gasteiger partial charge in [-0.25, -0.2) is 0 Å². The van der Waals surface area contributed by atoms with Gasteiger partial charge in [0.1, 0.15) is 0 Å². The Bertz CT molecular complexity index is 331. The largest absolute Gasteiger partial charge is 0.361 e. The summed E-state index contributed by atoms with van der Waals surface area (Å²) in [7, 11) is 0. The molecule has 0 aliphatic heterocycles. The third-order valence-electron chi connectivity index (χ3n) is 1.46. The van der Waals surface area contributed by atoms with E-state index < -0.39 is 6.85 Å². The van der Waals surface area contributed by atoms with Crippen LogP contribution in [-0.2, 0) is 0 Å². The molecule has 0 aliphatic carbocycles. The van der Waals surface area contributed by atoms with Crippen LogP contribution < -0.4 is 0 Å². The Balaban J connectivity index is 0.000000184. The van der Waals surface area contributed by atoms with E-state index in [0.717, 1.165) is 0 Å². The van der Waals surface area contributed by atoms with E-state index in [4.69, 9.17) is 4.89 Å². The van der Waals surface area contributed by atoms with Crippen molar-refractivity contribution in [2.45, 2.75) is 0 Å². The number of hydrogen-bond acceptors (Lipinski definition) is 1. The lowest BCUT2D eigenvalue weighted by Crippen LogP contribution is -1.61. The first-order valence-electron chi connectivity index (χ1n) is 3.53. The van der Waals surface area contributed by atoms with Crippen LogP contribution in [0.25, 0.3) is 10.9 Å². The summed E-state index contributed by atoms with van der Waals surface area (Å²) in [6, 6.07) is 10.3. The van der Waals surface area contributed by atoms with Gasteiger partial charge in [-0.2, -0.15) is 0 Å². The summed E-state index contributed by atoms with van der Waals surface area (Å²) < 4.78 is 0. The smallest absolute Gasteiger partial charge is 0.222 e. The number of benzene rings is 1. The van der Waals surface area contributed by atoms with Gasteiger partial charge in [-0.3, -0.25) is 0 Å². The Morgan fingerprint density at radius 2 is 1.77 bits per heavy atom. The van der Waals surface area contributed by atoms with Gasteiger partial charge in [0, 0.05) is 11.7 Å². The molecule has 0 spiro atoms. The lowest BCUT2D eigenvalue weighted by molar-refractivity contribution is 0.654. The third kappa shape index (κ3) is 3.97. The Kier molecular flexibility index (Phi) is 4.54. The van der Waals surface area contributed by atoms with Crippen molar-refractivity contribution >= 4 is 40.2 Å². The van der Waals surface area contributed by atoms with Gasteiger partial charge >= 0.3 is 0 Å². The number of aromatic amines is 1. The van der Waals surface area contributed by atoms with Crippen LogP contribution in [0.4, 0.5) is 0 Å². The average Bonchev–Trinajstić information content (AvgIpc) is 2.49. The molecule has 70 valence electrons. The molecule has 0 aliphatic rings. The summed E-state index contributed by atoms with van der Waals surface area (Å²) in [6.07, 6.45) is 1.95.